The third-order valence-electron chi connectivity index (χ3n) is 4.28. The molecule has 1 aliphatic rings. The van der Waals surface area contributed by atoms with Gasteiger partial charge in [-0.3, -0.25) is 9.48 Å². The third kappa shape index (κ3) is 4.49. The van der Waals surface area contributed by atoms with Gasteiger partial charge in [0.2, 0.25) is 5.91 Å². The van der Waals surface area contributed by atoms with E-state index < -0.39 is 18.1 Å². The van der Waals surface area contributed by atoms with E-state index in [9.17, 15) is 18.0 Å². The largest absolute Gasteiger partial charge is 0.408 e. The smallest absolute Gasteiger partial charge is 0.329 e. The zero-order valence-corrected chi connectivity index (χ0v) is 14.5. The fourth-order valence-corrected chi connectivity index (χ4v) is 2.91. The van der Waals surface area contributed by atoms with Crippen molar-refractivity contribution in [3.05, 3.63) is 18.0 Å². The second kappa shape index (κ2) is 6.74. The van der Waals surface area contributed by atoms with Crippen molar-refractivity contribution in [2.24, 2.45) is 0 Å². The van der Waals surface area contributed by atoms with Crippen LogP contribution in [0.15, 0.2) is 12.4 Å². The molecule has 1 amide bonds. The van der Waals surface area contributed by atoms with Gasteiger partial charge in [0.15, 0.2) is 0 Å². The highest BCUT2D eigenvalue weighted by molar-refractivity contribution is 5.74. The summed E-state index contributed by atoms with van der Waals surface area (Å²) in [5.41, 5.74) is 0.853. The number of piperidine rings is 1. The van der Waals surface area contributed by atoms with E-state index in [1.807, 2.05) is 31.6 Å². The van der Waals surface area contributed by atoms with Gasteiger partial charge in [0.25, 0.3) is 0 Å². The zero-order valence-electron chi connectivity index (χ0n) is 14.5. The standard InChI is InChI=1S/C16H25F3N4O/c1-11(24)22-10-13(5-6-14(22)16(17,18)19)20-7-12-8-21-23(9-12)15(2,3)4/h8-9,13-14,20H,5-7,10H2,1-4H3. The molecular formula is C16H25F3N4O. The summed E-state index contributed by atoms with van der Waals surface area (Å²) in [6, 6.07) is -1.82. The van der Waals surface area contributed by atoms with Gasteiger partial charge in [0.05, 0.1) is 11.7 Å². The van der Waals surface area contributed by atoms with Gasteiger partial charge < -0.3 is 10.2 Å². The molecule has 1 aromatic heterocycles. The normalized spacial score (nSPS) is 22.7. The molecule has 1 aromatic rings. The lowest BCUT2D eigenvalue weighted by atomic mass is 9.97. The number of hydrogen-bond donors (Lipinski definition) is 1. The van der Waals surface area contributed by atoms with E-state index in [-0.39, 0.29) is 24.5 Å². The van der Waals surface area contributed by atoms with Crippen molar-refractivity contribution in [1.82, 2.24) is 20.0 Å². The molecule has 1 aliphatic heterocycles. The van der Waals surface area contributed by atoms with Crippen LogP contribution in [0.2, 0.25) is 0 Å². The lowest BCUT2D eigenvalue weighted by Crippen LogP contribution is -2.56. The topological polar surface area (TPSA) is 50.2 Å². The molecule has 1 N–H and O–H groups in total. The average Bonchev–Trinajstić information content (AvgIpc) is 2.92. The number of halogens is 3. The molecule has 2 unspecified atom stereocenters. The Morgan fingerprint density at radius 1 is 1.33 bits per heavy atom. The maximum absolute atomic E-state index is 13.0. The summed E-state index contributed by atoms with van der Waals surface area (Å²) >= 11 is 0. The number of aromatic nitrogens is 2. The van der Waals surface area contributed by atoms with Crippen molar-refractivity contribution in [2.75, 3.05) is 6.54 Å². The van der Waals surface area contributed by atoms with Crippen molar-refractivity contribution < 1.29 is 18.0 Å². The fourth-order valence-electron chi connectivity index (χ4n) is 2.91. The predicted octanol–water partition coefficient (Wildman–Crippen LogP) is 2.67. The number of alkyl halides is 3. The van der Waals surface area contributed by atoms with Crippen LogP contribution < -0.4 is 5.32 Å². The van der Waals surface area contributed by atoms with Gasteiger partial charge in [-0.05, 0) is 33.6 Å². The monoisotopic (exact) mass is 346 g/mol. The average molecular weight is 346 g/mol. The summed E-state index contributed by atoms with van der Waals surface area (Å²) in [4.78, 5) is 12.5. The zero-order chi connectivity index (χ0) is 18.1. The highest BCUT2D eigenvalue weighted by Gasteiger charge is 2.47. The molecule has 1 fully saturated rings. The third-order valence-corrected chi connectivity index (χ3v) is 4.28. The first-order valence-corrected chi connectivity index (χ1v) is 8.10. The van der Waals surface area contributed by atoms with Crippen LogP contribution in [-0.2, 0) is 16.9 Å². The molecule has 0 bridgehead atoms. The van der Waals surface area contributed by atoms with Crippen LogP contribution in [0.4, 0.5) is 13.2 Å². The lowest BCUT2D eigenvalue weighted by Gasteiger charge is -2.40. The van der Waals surface area contributed by atoms with Crippen LogP contribution in [0.3, 0.4) is 0 Å². The van der Waals surface area contributed by atoms with Crippen molar-refractivity contribution in [2.45, 2.75) is 70.9 Å². The molecule has 2 atom stereocenters. The molecule has 0 spiro atoms. The number of likely N-dealkylation sites (tertiary alicyclic amines) is 1. The van der Waals surface area contributed by atoms with Crippen molar-refractivity contribution in [3.63, 3.8) is 0 Å². The van der Waals surface area contributed by atoms with Gasteiger partial charge in [0, 0.05) is 37.8 Å². The molecule has 1 saturated heterocycles. The SMILES string of the molecule is CC(=O)N1CC(NCc2cnn(C(C)(C)C)c2)CCC1C(F)(F)F. The Hall–Kier alpha value is -1.57. The van der Waals surface area contributed by atoms with Crippen molar-refractivity contribution in [1.29, 1.82) is 0 Å². The highest BCUT2D eigenvalue weighted by atomic mass is 19.4. The predicted molar refractivity (Wildman–Crippen MR) is 84.3 cm³/mol. The van der Waals surface area contributed by atoms with E-state index in [0.29, 0.717) is 13.0 Å². The first-order chi connectivity index (χ1) is 11.0. The number of carbonyl (C=O) groups excluding carboxylic acids is 1. The van der Waals surface area contributed by atoms with Gasteiger partial charge in [0.1, 0.15) is 6.04 Å². The summed E-state index contributed by atoms with van der Waals surface area (Å²) in [5, 5.41) is 7.55. The molecule has 2 heterocycles. The van der Waals surface area contributed by atoms with Crippen molar-refractivity contribution in [3.8, 4) is 0 Å². The van der Waals surface area contributed by atoms with E-state index >= 15 is 0 Å². The number of amides is 1. The van der Waals surface area contributed by atoms with Crippen LogP contribution >= 0.6 is 0 Å². The summed E-state index contributed by atoms with van der Waals surface area (Å²) in [6.07, 6.45) is -0.368. The Balaban J connectivity index is 1.95. The Kier molecular flexibility index (Phi) is 5.27. The number of carbonyl (C=O) groups is 1. The van der Waals surface area contributed by atoms with Crippen LogP contribution in [-0.4, -0.2) is 45.4 Å². The van der Waals surface area contributed by atoms with E-state index in [1.165, 1.54) is 6.92 Å². The van der Waals surface area contributed by atoms with Crippen molar-refractivity contribution >= 4 is 5.91 Å². The Labute approximate surface area is 140 Å². The molecule has 0 aromatic carbocycles. The van der Waals surface area contributed by atoms with Crippen LogP contribution in [0.25, 0.3) is 0 Å². The summed E-state index contributed by atoms with van der Waals surface area (Å²) in [6.45, 7) is 7.91. The molecule has 136 valence electrons. The first-order valence-electron chi connectivity index (χ1n) is 8.10. The Morgan fingerprint density at radius 2 is 2.00 bits per heavy atom. The molecule has 2 rings (SSSR count). The minimum absolute atomic E-state index is 0.0675. The van der Waals surface area contributed by atoms with E-state index in [4.69, 9.17) is 0 Å². The quantitative estimate of drug-likeness (QED) is 0.915. The minimum Gasteiger partial charge on any atom is -0.329 e. The highest BCUT2D eigenvalue weighted by Crippen LogP contribution is 2.32. The van der Waals surface area contributed by atoms with Crippen LogP contribution in [0.1, 0.15) is 46.1 Å². The van der Waals surface area contributed by atoms with Gasteiger partial charge >= 0.3 is 6.18 Å². The molecule has 0 aliphatic carbocycles. The van der Waals surface area contributed by atoms with Crippen LogP contribution in [0, 0.1) is 0 Å². The van der Waals surface area contributed by atoms with Gasteiger partial charge in [-0.2, -0.15) is 18.3 Å². The van der Waals surface area contributed by atoms with Gasteiger partial charge in [-0.1, -0.05) is 0 Å². The van der Waals surface area contributed by atoms with E-state index in [2.05, 4.69) is 10.4 Å². The number of hydrogen-bond acceptors (Lipinski definition) is 3. The molecule has 0 saturated carbocycles. The summed E-state index contributed by atoms with van der Waals surface area (Å²) in [5.74, 6) is -0.538. The summed E-state index contributed by atoms with van der Waals surface area (Å²) < 4.78 is 40.9. The number of nitrogens with zero attached hydrogens (tertiary/aromatic N) is 3. The van der Waals surface area contributed by atoms with Gasteiger partial charge in [-0.15, -0.1) is 0 Å². The van der Waals surface area contributed by atoms with Gasteiger partial charge in [-0.25, -0.2) is 0 Å². The molecule has 5 nitrogen and oxygen atoms in total. The maximum atomic E-state index is 13.0. The molecule has 0 radical (unpaired) electrons. The Bertz CT molecular complexity index is 577. The second-order valence-electron chi connectivity index (χ2n) is 7.35. The fraction of sp³-hybridized carbons (Fsp3) is 0.750. The van der Waals surface area contributed by atoms with E-state index in [1.54, 1.807) is 6.20 Å². The minimum atomic E-state index is -4.37. The number of nitrogens with one attached hydrogen (secondary N) is 1. The first kappa shape index (κ1) is 18.8. The Morgan fingerprint density at radius 3 is 2.50 bits per heavy atom. The maximum Gasteiger partial charge on any atom is 0.408 e. The lowest BCUT2D eigenvalue weighted by molar-refractivity contribution is -0.196. The molecule has 8 heteroatoms. The molecular weight excluding hydrogens is 321 g/mol. The molecule has 24 heavy (non-hydrogen) atoms. The summed E-state index contributed by atoms with van der Waals surface area (Å²) in [7, 11) is 0. The number of rotatable bonds is 3. The second-order valence-corrected chi connectivity index (χ2v) is 7.35. The van der Waals surface area contributed by atoms with E-state index in [0.717, 1.165) is 10.5 Å². The van der Waals surface area contributed by atoms with Crippen LogP contribution in [0.5, 0.6) is 0 Å².